The van der Waals surface area contributed by atoms with Gasteiger partial charge in [-0.15, -0.1) is 0 Å². The third-order valence-corrected chi connectivity index (χ3v) is 5.20. The van der Waals surface area contributed by atoms with Gasteiger partial charge in [-0.25, -0.2) is 9.78 Å². The maximum atomic E-state index is 12.7. The van der Waals surface area contributed by atoms with Crippen LogP contribution in [0, 0.1) is 5.92 Å². The van der Waals surface area contributed by atoms with Crippen LogP contribution in [-0.4, -0.2) is 49.9 Å². The molecule has 1 saturated heterocycles. The van der Waals surface area contributed by atoms with Gasteiger partial charge in [0.15, 0.2) is 11.2 Å². The van der Waals surface area contributed by atoms with Crippen molar-refractivity contribution < 1.29 is 4.74 Å². The molecule has 1 atom stereocenters. The molecule has 0 N–H and O–H groups in total. The fourth-order valence-corrected chi connectivity index (χ4v) is 3.78. The van der Waals surface area contributed by atoms with E-state index >= 15 is 0 Å². The molecule has 3 rings (SSSR count). The van der Waals surface area contributed by atoms with Gasteiger partial charge in [-0.2, -0.15) is 0 Å². The minimum absolute atomic E-state index is 0.301. The number of fused-ring (bicyclic) bond motifs is 1. The highest BCUT2D eigenvalue weighted by Gasteiger charge is 2.22. The Kier molecular flexibility index (Phi) is 5.62. The molecule has 144 valence electrons. The number of likely N-dealkylation sites (tertiary alicyclic amines) is 1. The van der Waals surface area contributed by atoms with Crippen molar-refractivity contribution in [3.8, 4) is 0 Å². The van der Waals surface area contributed by atoms with E-state index in [9.17, 15) is 9.59 Å². The van der Waals surface area contributed by atoms with Crippen LogP contribution in [0.25, 0.3) is 11.2 Å². The van der Waals surface area contributed by atoms with E-state index in [2.05, 4.69) is 16.8 Å². The van der Waals surface area contributed by atoms with Crippen molar-refractivity contribution in [2.75, 3.05) is 26.3 Å². The third-order valence-electron chi connectivity index (χ3n) is 5.20. The zero-order valence-electron chi connectivity index (χ0n) is 16.2. The molecule has 1 aliphatic heterocycles. The molecule has 1 aliphatic rings. The number of hydrogen-bond acceptors (Lipinski definition) is 5. The van der Waals surface area contributed by atoms with Crippen molar-refractivity contribution in [3.05, 3.63) is 26.7 Å². The number of rotatable bonds is 6. The predicted molar refractivity (Wildman–Crippen MR) is 100 cm³/mol. The lowest BCUT2D eigenvalue weighted by molar-refractivity contribution is 0.136. The first kappa shape index (κ1) is 18.8. The van der Waals surface area contributed by atoms with Gasteiger partial charge < -0.3 is 9.30 Å². The minimum atomic E-state index is -0.352. The van der Waals surface area contributed by atoms with E-state index in [4.69, 9.17) is 4.74 Å². The molecule has 0 saturated carbocycles. The Bertz CT molecular complexity index is 895. The van der Waals surface area contributed by atoms with Crippen LogP contribution in [0.1, 0.15) is 32.5 Å². The number of aromatic nitrogens is 4. The second-order valence-corrected chi connectivity index (χ2v) is 7.24. The van der Waals surface area contributed by atoms with E-state index in [-0.39, 0.29) is 11.2 Å². The highest BCUT2D eigenvalue weighted by molar-refractivity contribution is 5.71. The average Bonchev–Trinajstić information content (AvgIpc) is 2.97. The first-order valence-corrected chi connectivity index (χ1v) is 9.39. The Morgan fingerprint density at radius 3 is 2.69 bits per heavy atom. The van der Waals surface area contributed by atoms with Crippen LogP contribution >= 0.6 is 0 Å². The van der Waals surface area contributed by atoms with Crippen molar-refractivity contribution in [1.82, 2.24) is 23.6 Å². The Balaban J connectivity index is 2.07. The summed E-state index contributed by atoms with van der Waals surface area (Å²) >= 11 is 0. The van der Waals surface area contributed by atoms with Crippen molar-refractivity contribution in [1.29, 1.82) is 0 Å². The average molecular weight is 363 g/mol. The zero-order valence-corrected chi connectivity index (χ0v) is 16.2. The maximum Gasteiger partial charge on any atom is 0.332 e. The van der Waals surface area contributed by atoms with Crippen molar-refractivity contribution in [3.63, 3.8) is 0 Å². The zero-order chi connectivity index (χ0) is 18.8. The Morgan fingerprint density at radius 1 is 1.23 bits per heavy atom. The monoisotopic (exact) mass is 363 g/mol. The largest absolute Gasteiger partial charge is 0.380 e. The summed E-state index contributed by atoms with van der Waals surface area (Å²) in [5.41, 5.74) is 0.282. The van der Waals surface area contributed by atoms with Crippen LogP contribution in [0.2, 0.25) is 0 Å². The number of hydrogen-bond donors (Lipinski definition) is 0. The first-order chi connectivity index (χ1) is 12.4. The maximum absolute atomic E-state index is 12.7. The molecule has 2 aromatic heterocycles. The lowest BCUT2D eigenvalue weighted by atomic mass is 10.0. The van der Waals surface area contributed by atoms with Crippen LogP contribution in [0.3, 0.4) is 0 Å². The van der Waals surface area contributed by atoms with Crippen LogP contribution in [-0.2, 0) is 31.9 Å². The molecule has 2 aromatic rings. The smallest absolute Gasteiger partial charge is 0.332 e. The summed E-state index contributed by atoms with van der Waals surface area (Å²) in [6.07, 6.45) is 2.44. The van der Waals surface area contributed by atoms with E-state index in [1.54, 1.807) is 7.05 Å². The molecule has 0 radical (unpaired) electrons. The molecule has 8 nitrogen and oxygen atoms in total. The van der Waals surface area contributed by atoms with Crippen LogP contribution < -0.4 is 11.2 Å². The molecule has 8 heteroatoms. The summed E-state index contributed by atoms with van der Waals surface area (Å²) in [5, 5.41) is 0. The molecule has 0 spiro atoms. The van der Waals surface area contributed by atoms with Crippen LogP contribution in [0.15, 0.2) is 9.59 Å². The van der Waals surface area contributed by atoms with Gasteiger partial charge in [0.2, 0.25) is 0 Å². The quantitative estimate of drug-likeness (QED) is 0.707. The van der Waals surface area contributed by atoms with Gasteiger partial charge in [0.05, 0.1) is 13.2 Å². The summed E-state index contributed by atoms with van der Waals surface area (Å²) in [5.74, 6) is 1.49. The number of nitrogens with zero attached hydrogens (tertiary/aromatic N) is 5. The summed E-state index contributed by atoms with van der Waals surface area (Å²) in [6.45, 7) is 8.66. The minimum Gasteiger partial charge on any atom is -0.380 e. The summed E-state index contributed by atoms with van der Waals surface area (Å²) in [4.78, 5) is 32.1. The summed E-state index contributed by atoms with van der Waals surface area (Å²) < 4.78 is 10.0. The van der Waals surface area contributed by atoms with Gasteiger partial charge in [0.25, 0.3) is 5.56 Å². The normalized spacial score (nSPS) is 18.7. The highest BCUT2D eigenvalue weighted by atomic mass is 16.5. The van der Waals surface area contributed by atoms with Crippen LogP contribution in [0.5, 0.6) is 0 Å². The summed E-state index contributed by atoms with van der Waals surface area (Å²) in [6, 6.07) is 0. The molecule has 0 amide bonds. The lowest BCUT2D eigenvalue weighted by Gasteiger charge is -2.30. The number of piperidine rings is 1. The van der Waals surface area contributed by atoms with Gasteiger partial charge in [-0.3, -0.25) is 18.8 Å². The van der Waals surface area contributed by atoms with E-state index in [0.29, 0.717) is 43.4 Å². The molecule has 3 heterocycles. The Morgan fingerprint density at radius 2 is 2.00 bits per heavy atom. The van der Waals surface area contributed by atoms with Crippen molar-refractivity contribution >= 4 is 11.2 Å². The molecule has 0 aromatic carbocycles. The van der Waals surface area contributed by atoms with Gasteiger partial charge >= 0.3 is 5.69 Å². The van der Waals surface area contributed by atoms with Gasteiger partial charge in [0, 0.05) is 33.8 Å². The molecule has 1 fully saturated rings. The standard InChI is InChI=1S/C18H29N5O3/c1-5-26-10-9-23-14(12-22-8-6-7-13(2)11-22)19-16-15(23)17(24)21(4)18(25)20(16)3/h13H,5-12H2,1-4H3/t13-/m0/s1. The molecular formula is C18H29N5O3. The topological polar surface area (TPSA) is 74.3 Å². The summed E-state index contributed by atoms with van der Waals surface area (Å²) in [7, 11) is 3.17. The lowest BCUT2D eigenvalue weighted by Crippen LogP contribution is -2.37. The van der Waals surface area contributed by atoms with E-state index < -0.39 is 0 Å². The predicted octanol–water partition coefficient (Wildman–Crippen LogP) is 0.702. The SMILES string of the molecule is CCOCCn1c(CN2CCC[C@H](C)C2)nc2c1c(=O)n(C)c(=O)n2C. The second-order valence-electron chi connectivity index (χ2n) is 7.24. The fraction of sp³-hybridized carbons (Fsp3) is 0.722. The van der Waals surface area contributed by atoms with E-state index in [1.165, 1.54) is 24.5 Å². The van der Waals surface area contributed by atoms with E-state index in [0.717, 1.165) is 23.5 Å². The molecule has 0 bridgehead atoms. The number of aryl methyl sites for hydroxylation is 1. The van der Waals surface area contributed by atoms with Gasteiger partial charge in [0.1, 0.15) is 5.82 Å². The third kappa shape index (κ3) is 3.48. The second kappa shape index (κ2) is 7.75. The first-order valence-electron chi connectivity index (χ1n) is 9.39. The Labute approximate surface area is 153 Å². The molecule has 26 heavy (non-hydrogen) atoms. The van der Waals surface area contributed by atoms with Gasteiger partial charge in [-0.05, 0) is 32.2 Å². The highest BCUT2D eigenvalue weighted by Crippen LogP contribution is 2.19. The number of imidazole rings is 1. The van der Waals surface area contributed by atoms with Crippen LogP contribution in [0.4, 0.5) is 0 Å². The Hall–Kier alpha value is -1.93. The fourth-order valence-electron chi connectivity index (χ4n) is 3.78. The number of ether oxygens (including phenoxy) is 1. The van der Waals surface area contributed by atoms with Gasteiger partial charge in [-0.1, -0.05) is 6.92 Å². The molecular weight excluding hydrogens is 334 g/mol. The van der Waals surface area contributed by atoms with Crippen molar-refractivity contribution in [2.45, 2.75) is 39.8 Å². The van der Waals surface area contributed by atoms with E-state index in [1.807, 2.05) is 11.5 Å². The van der Waals surface area contributed by atoms with Crippen molar-refractivity contribution in [2.24, 2.45) is 20.0 Å². The molecule has 0 unspecified atom stereocenters. The molecule has 0 aliphatic carbocycles.